The molecule has 1 saturated carbocycles. The van der Waals surface area contributed by atoms with Gasteiger partial charge in [-0.2, -0.15) is 0 Å². The summed E-state index contributed by atoms with van der Waals surface area (Å²) in [4.78, 5) is 11.7. The van der Waals surface area contributed by atoms with E-state index in [-0.39, 0.29) is 17.8 Å². The van der Waals surface area contributed by atoms with Crippen LogP contribution in [0.3, 0.4) is 0 Å². The Morgan fingerprint density at radius 3 is 2.67 bits per heavy atom. The SMILES string of the molecule is NC[C@H]1CC[C@@H](C(=O)Nc2ccc(F)c(S(=O)(=O)NC3CC3)c2)O1. The van der Waals surface area contributed by atoms with Crippen molar-refractivity contribution in [1.82, 2.24) is 4.72 Å². The number of benzene rings is 1. The standard InChI is InChI=1S/C15H20FN3O4S/c16-12-5-3-10(7-14(12)24(21,22)19-9-1-2-9)18-15(20)13-6-4-11(8-17)23-13/h3,5,7,9,11,13,19H,1-2,4,6,8,17H2,(H,18,20)/t11-,13+/m1/s1. The zero-order chi connectivity index (χ0) is 17.3. The minimum atomic E-state index is -3.94. The van der Waals surface area contributed by atoms with Gasteiger partial charge in [-0.1, -0.05) is 0 Å². The minimum absolute atomic E-state index is 0.132. The average molecular weight is 357 g/mol. The van der Waals surface area contributed by atoms with Gasteiger partial charge in [0.15, 0.2) is 0 Å². The number of carbonyl (C=O) groups is 1. The van der Waals surface area contributed by atoms with Gasteiger partial charge in [-0.05, 0) is 43.9 Å². The quantitative estimate of drug-likeness (QED) is 0.694. The number of sulfonamides is 1. The lowest BCUT2D eigenvalue weighted by molar-refractivity contribution is -0.126. The topological polar surface area (TPSA) is 111 Å². The van der Waals surface area contributed by atoms with Crippen LogP contribution in [0.5, 0.6) is 0 Å². The predicted octanol–water partition coefficient (Wildman–Crippen LogP) is 0.711. The van der Waals surface area contributed by atoms with Gasteiger partial charge in [0.2, 0.25) is 10.0 Å². The number of nitrogens with two attached hydrogens (primary N) is 1. The molecule has 0 unspecified atom stereocenters. The van der Waals surface area contributed by atoms with Crippen molar-refractivity contribution in [2.75, 3.05) is 11.9 Å². The highest BCUT2D eigenvalue weighted by Crippen LogP contribution is 2.26. The highest BCUT2D eigenvalue weighted by atomic mass is 32.2. The Labute approximate surface area is 139 Å². The molecule has 0 radical (unpaired) electrons. The number of rotatable bonds is 6. The fourth-order valence-corrected chi connectivity index (χ4v) is 3.97. The normalized spacial score (nSPS) is 24.1. The van der Waals surface area contributed by atoms with Crippen LogP contribution in [0.25, 0.3) is 0 Å². The van der Waals surface area contributed by atoms with Crippen LogP contribution in [-0.2, 0) is 19.6 Å². The van der Waals surface area contributed by atoms with Crippen LogP contribution in [0, 0.1) is 5.82 Å². The molecular formula is C15H20FN3O4S. The van der Waals surface area contributed by atoms with Crippen molar-refractivity contribution < 1.29 is 22.3 Å². The number of ether oxygens (including phenoxy) is 1. The summed E-state index contributed by atoms with van der Waals surface area (Å²) in [5.41, 5.74) is 5.71. The van der Waals surface area contributed by atoms with Crippen molar-refractivity contribution in [3.63, 3.8) is 0 Å². The lowest BCUT2D eigenvalue weighted by Gasteiger charge is -2.14. The molecule has 7 nitrogen and oxygen atoms in total. The summed E-state index contributed by atoms with van der Waals surface area (Å²) in [6.07, 6.45) is 1.96. The van der Waals surface area contributed by atoms with E-state index >= 15 is 0 Å². The van der Waals surface area contributed by atoms with Gasteiger partial charge in [-0.3, -0.25) is 4.79 Å². The van der Waals surface area contributed by atoms with Crippen LogP contribution < -0.4 is 15.8 Å². The van der Waals surface area contributed by atoms with Crippen molar-refractivity contribution >= 4 is 21.6 Å². The van der Waals surface area contributed by atoms with Gasteiger partial charge in [-0.25, -0.2) is 17.5 Å². The van der Waals surface area contributed by atoms with Gasteiger partial charge in [0.05, 0.1) is 6.10 Å². The molecule has 2 atom stereocenters. The van der Waals surface area contributed by atoms with E-state index in [1.54, 1.807) is 0 Å². The van der Waals surface area contributed by atoms with E-state index in [9.17, 15) is 17.6 Å². The first-order valence-corrected chi connectivity index (χ1v) is 9.35. The zero-order valence-electron chi connectivity index (χ0n) is 13.0. The van der Waals surface area contributed by atoms with E-state index in [2.05, 4.69) is 10.0 Å². The minimum Gasteiger partial charge on any atom is -0.364 e. The largest absolute Gasteiger partial charge is 0.364 e. The van der Waals surface area contributed by atoms with Crippen molar-refractivity contribution in [3.8, 4) is 0 Å². The molecule has 1 aliphatic heterocycles. The van der Waals surface area contributed by atoms with Crippen LogP contribution in [-0.4, -0.2) is 39.1 Å². The van der Waals surface area contributed by atoms with E-state index in [1.807, 2.05) is 0 Å². The first-order chi connectivity index (χ1) is 11.4. The fourth-order valence-electron chi connectivity index (χ4n) is 2.57. The Morgan fingerprint density at radius 2 is 2.04 bits per heavy atom. The lowest BCUT2D eigenvalue weighted by Crippen LogP contribution is -2.30. The van der Waals surface area contributed by atoms with E-state index in [0.29, 0.717) is 19.4 Å². The number of hydrogen-bond donors (Lipinski definition) is 3. The van der Waals surface area contributed by atoms with Crippen molar-refractivity contribution in [2.45, 2.75) is 48.8 Å². The van der Waals surface area contributed by atoms with Gasteiger partial charge in [0.1, 0.15) is 16.8 Å². The van der Waals surface area contributed by atoms with E-state index in [0.717, 1.165) is 25.0 Å². The Hall–Kier alpha value is -1.55. The molecule has 2 aliphatic rings. The third-order valence-electron chi connectivity index (χ3n) is 4.05. The number of amides is 1. The Morgan fingerprint density at radius 1 is 1.29 bits per heavy atom. The van der Waals surface area contributed by atoms with Gasteiger partial charge in [0, 0.05) is 18.3 Å². The number of nitrogens with one attached hydrogen (secondary N) is 2. The molecule has 1 aromatic rings. The van der Waals surface area contributed by atoms with Crippen molar-refractivity contribution in [2.24, 2.45) is 5.73 Å². The summed E-state index contributed by atoms with van der Waals surface area (Å²) in [7, 11) is -3.94. The Bertz CT molecular complexity index is 736. The summed E-state index contributed by atoms with van der Waals surface area (Å²) in [6.45, 7) is 0.343. The molecule has 1 saturated heterocycles. The van der Waals surface area contributed by atoms with Gasteiger partial charge in [-0.15, -0.1) is 0 Å². The molecule has 0 aromatic heterocycles. The van der Waals surface area contributed by atoms with Gasteiger partial charge >= 0.3 is 0 Å². The number of halogens is 1. The molecule has 1 amide bonds. The number of hydrogen-bond acceptors (Lipinski definition) is 5. The summed E-state index contributed by atoms with van der Waals surface area (Å²) in [5, 5.41) is 2.57. The van der Waals surface area contributed by atoms with Crippen LogP contribution in [0.1, 0.15) is 25.7 Å². The van der Waals surface area contributed by atoms with Crippen LogP contribution in [0.2, 0.25) is 0 Å². The second-order valence-corrected chi connectivity index (χ2v) is 7.77. The Kier molecular flexibility index (Phi) is 4.86. The molecule has 1 aliphatic carbocycles. The van der Waals surface area contributed by atoms with Gasteiger partial charge in [0.25, 0.3) is 5.91 Å². The predicted molar refractivity (Wildman–Crippen MR) is 85.3 cm³/mol. The molecule has 2 fully saturated rings. The fraction of sp³-hybridized carbons (Fsp3) is 0.533. The molecule has 132 valence electrons. The molecule has 1 aromatic carbocycles. The molecule has 3 rings (SSSR count). The average Bonchev–Trinajstić information content (AvgIpc) is 3.20. The highest BCUT2D eigenvalue weighted by molar-refractivity contribution is 7.89. The second kappa shape index (κ2) is 6.75. The van der Waals surface area contributed by atoms with E-state index in [4.69, 9.17) is 10.5 Å². The molecule has 1 heterocycles. The number of carbonyl (C=O) groups excluding carboxylic acids is 1. The van der Waals surface area contributed by atoms with Crippen LogP contribution >= 0.6 is 0 Å². The molecule has 0 bridgehead atoms. The Balaban J connectivity index is 1.72. The van der Waals surface area contributed by atoms with Crippen LogP contribution in [0.15, 0.2) is 23.1 Å². The lowest BCUT2D eigenvalue weighted by atomic mass is 10.2. The zero-order valence-corrected chi connectivity index (χ0v) is 13.8. The van der Waals surface area contributed by atoms with E-state index < -0.39 is 32.7 Å². The first kappa shape index (κ1) is 17.3. The van der Waals surface area contributed by atoms with Crippen molar-refractivity contribution in [1.29, 1.82) is 0 Å². The molecular weight excluding hydrogens is 337 g/mol. The first-order valence-electron chi connectivity index (χ1n) is 7.87. The third-order valence-corrected chi connectivity index (χ3v) is 5.59. The third kappa shape index (κ3) is 3.92. The van der Waals surface area contributed by atoms with Crippen LogP contribution in [0.4, 0.5) is 10.1 Å². The molecule has 24 heavy (non-hydrogen) atoms. The molecule has 4 N–H and O–H groups in total. The van der Waals surface area contributed by atoms with Gasteiger partial charge < -0.3 is 15.8 Å². The molecule has 9 heteroatoms. The maximum atomic E-state index is 13.9. The molecule has 0 spiro atoms. The second-order valence-electron chi connectivity index (χ2n) is 6.09. The smallest absolute Gasteiger partial charge is 0.253 e. The summed E-state index contributed by atoms with van der Waals surface area (Å²) in [6, 6.07) is 3.33. The van der Waals surface area contributed by atoms with E-state index in [1.165, 1.54) is 6.07 Å². The maximum Gasteiger partial charge on any atom is 0.253 e. The summed E-state index contributed by atoms with van der Waals surface area (Å²) < 4.78 is 46.2. The number of anilines is 1. The maximum absolute atomic E-state index is 13.9. The monoisotopic (exact) mass is 357 g/mol. The highest BCUT2D eigenvalue weighted by Gasteiger charge is 2.31. The van der Waals surface area contributed by atoms with Crippen molar-refractivity contribution in [3.05, 3.63) is 24.0 Å². The summed E-state index contributed by atoms with van der Waals surface area (Å²) >= 11 is 0. The summed E-state index contributed by atoms with van der Waals surface area (Å²) in [5.74, 6) is -1.25.